The Morgan fingerprint density at radius 1 is 1.03 bits per heavy atom. The molecule has 1 saturated heterocycles. The zero-order valence-corrected chi connectivity index (χ0v) is 17.4. The summed E-state index contributed by atoms with van der Waals surface area (Å²) in [6, 6.07) is 9.02. The summed E-state index contributed by atoms with van der Waals surface area (Å²) in [5.74, 6) is 2.19. The van der Waals surface area contributed by atoms with Crippen molar-refractivity contribution in [2.75, 3.05) is 25.5 Å². The highest BCUT2D eigenvalue weighted by Gasteiger charge is 2.39. The van der Waals surface area contributed by atoms with Crippen LogP contribution in [0.3, 0.4) is 0 Å². The van der Waals surface area contributed by atoms with Crippen molar-refractivity contribution in [1.82, 2.24) is 18.8 Å². The molecule has 2 aromatic heterocycles. The van der Waals surface area contributed by atoms with Gasteiger partial charge in [0.2, 0.25) is 0 Å². The maximum atomic E-state index is 13.1. The smallest absolute Gasteiger partial charge is 0.269 e. The molecule has 1 aliphatic heterocycles. The van der Waals surface area contributed by atoms with E-state index in [1.165, 1.54) is 10.3 Å². The molecular weight excluding hydrogens is 386 g/mol. The number of fused-ring (bicyclic) bond motifs is 2. The summed E-state index contributed by atoms with van der Waals surface area (Å²) in [4.78, 5) is 11.4. The first-order chi connectivity index (χ1) is 13.9. The third kappa shape index (κ3) is 3.20. The molecule has 1 N–H and O–H groups in total. The summed E-state index contributed by atoms with van der Waals surface area (Å²) in [7, 11) is -1.52. The lowest BCUT2D eigenvalue weighted by atomic mass is 10.0. The van der Waals surface area contributed by atoms with Crippen LogP contribution in [0.1, 0.15) is 18.4 Å². The van der Waals surface area contributed by atoms with E-state index in [1.54, 1.807) is 36.5 Å². The van der Waals surface area contributed by atoms with Crippen LogP contribution in [0.15, 0.2) is 47.8 Å². The molecule has 0 spiro atoms. The standard InChI is InChI=1S/C21H25N5O2S/c1-14-3-5-18(6-4-14)29(27,28)26-8-7-19-20(22-13-23-21(19)26)24-17-9-15-11-25(2)12-16(15)10-17/h3-8,13,15-17H,9-12H2,1-2H3,(H,22,23,24)/t15-,16+,17?. The minimum atomic E-state index is -3.71. The van der Waals surface area contributed by atoms with Crippen molar-refractivity contribution >= 4 is 26.9 Å². The molecule has 5 rings (SSSR count). The van der Waals surface area contributed by atoms with Crippen LogP contribution in [0.2, 0.25) is 0 Å². The zero-order chi connectivity index (χ0) is 20.2. The number of benzene rings is 1. The topological polar surface area (TPSA) is 80.1 Å². The summed E-state index contributed by atoms with van der Waals surface area (Å²) in [6.45, 7) is 4.25. The molecule has 2 aliphatic rings. The monoisotopic (exact) mass is 411 g/mol. The Bertz CT molecular complexity index is 1140. The van der Waals surface area contributed by atoms with Gasteiger partial charge >= 0.3 is 0 Å². The van der Waals surface area contributed by atoms with Gasteiger partial charge in [-0.25, -0.2) is 22.4 Å². The van der Waals surface area contributed by atoms with Gasteiger partial charge in [0.1, 0.15) is 12.1 Å². The van der Waals surface area contributed by atoms with Gasteiger partial charge in [0, 0.05) is 25.3 Å². The number of nitrogens with one attached hydrogen (secondary N) is 1. The Hall–Kier alpha value is -2.45. The molecule has 0 amide bonds. The average Bonchev–Trinajstić information content (AvgIpc) is 3.35. The maximum absolute atomic E-state index is 13.1. The molecule has 1 aliphatic carbocycles. The SMILES string of the molecule is Cc1ccc(S(=O)(=O)n2ccc3c(NC4C[C@@H]5CN(C)C[C@@H]5C4)ncnc32)cc1. The van der Waals surface area contributed by atoms with Crippen LogP contribution < -0.4 is 5.32 Å². The minimum Gasteiger partial charge on any atom is -0.367 e. The molecule has 1 aromatic carbocycles. The van der Waals surface area contributed by atoms with Gasteiger partial charge in [0.15, 0.2) is 5.65 Å². The Kier molecular flexibility index (Phi) is 4.36. The van der Waals surface area contributed by atoms with Gasteiger partial charge in [-0.3, -0.25) is 0 Å². The van der Waals surface area contributed by atoms with Crippen LogP contribution in [0.4, 0.5) is 5.82 Å². The molecule has 0 bridgehead atoms. The highest BCUT2D eigenvalue weighted by Crippen LogP contribution is 2.39. The molecule has 152 valence electrons. The van der Waals surface area contributed by atoms with Gasteiger partial charge in [0.25, 0.3) is 10.0 Å². The Labute approximate surface area is 170 Å². The number of likely N-dealkylation sites (tertiary alicyclic amines) is 1. The van der Waals surface area contributed by atoms with Crippen molar-refractivity contribution in [3.05, 3.63) is 48.4 Å². The predicted molar refractivity (Wildman–Crippen MR) is 112 cm³/mol. The first-order valence-electron chi connectivity index (χ1n) is 10.0. The molecule has 0 radical (unpaired) electrons. The molecule has 3 heterocycles. The van der Waals surface area contributed by atoms with Crippen LogP contribution in [0.5, 0.6) is 0 Å². The quantitative estimate of drug-likeness (QED) is 0.711. The minimum absolute atomic E-state index is 0.251. The second kappa shape index (κ2) is 6.81. The van der Waals surface area contributed by atoms with E-state index in [9.17, 15) is 8.42 Å². The number of rotatable bonds is 4. The van der Waals surface area contributed by atoms with Crippen LogP contribution in [0, 0.1) is 18.8 Å². The lowest BCUT2D eigenvalue weighted by molar-refractivity contribution is 0.374. The van der Waals surface area contributed by atoms with Gasteiger partial charge < -0.3 is 10.2 Å². The molecule has 1 unspecified atom stereocenters. The van der Waals surface area contributed by atoms with Gasteiger partial charge in [-0.05, 0) is 56.8 Å². The summed E-state index contributed by atoms with van der Waals surface area (Å²) in [5, 5.41) is 4.30. The number of hydrogen-bond donors (Lipinski definition) is 1. The van der Waals surface area contributed by atoms with Gasteiger partial charge in [-0.2, -0.15) is 0 Å². The Balaban J connectivity index is 1.45. The lowest BCUT2D eigenvalue weighted by Crippen LogP contribution is -2.22. The summed E-state index contributed by atoms with van der Waals surface area (Å²) in [5.41, 5.74) is 1.42. The van der Waals surface area contributed by atoms with E-state index in [4.69, 9.17) is 0 Å². The number of aryl methyl sites for hydroxylation is 1. The molecular formula is C21H25N5O2S. The molecule has 3 aromatic rings. The second-order valence-corrected chi connectivity index (χ2v) is 10.3. The summed E-state index contributed by atoms with van der Waals surface area (Å²) >= 11 is 0. The second-order valence-electron chi connectivity index (χ2n) is 8.44. The zero-order valence-electron chi connectivity index (χ0n) is 16.6. The van der Waals surface area contributed by atoms with Crippen LogP contribution in [-0.2, 0) is 10.0 Å². The first kappa shape index (κ1) is 18.6. The fraction of sp³-hybridized carbons (Fsp3) is 0.429. The number of hydrogen-bond acceptors (Lipinski definition) is 6. The molecule has 7 nitrogen and oxygen atoms in total. The van der Waals surface area contributed by atoms with E-state index in [1.807, 2.05) is 6.92 Å². The van der Waals surface area contributed by atoms with E-state index < -0.39 is 10.0 Å². The molecule has 8 heteroatoms. The van der Waals surface area contributed by atoms with E-state index in [-0.39, 0.29) is 4.90 Å². The Morgan fingerprint density at radius 2 is 1.72 bits per heavy atom. The first-order valence-corrected chi connectivity index (χ1v) is 11.5. The van der Waals surface area contributed by atoms with E-state index in [0.29, 0.717) is 17.5 Å². The van der Waals surface area contributed by atoms with Crippen molar-refractivity contribution in [2.24, 2.45) is 11.8 Å². The number of aromatic nitrogens is 3. The van der Waals surface area contributed by atoms with Crippen LogP contribution in [-0.4, -0.2) is 53.4 Å². The van der Waals surface area contributed by atoms with Gasteiger partial charge in [0.05, 0.1) is 10.3 Å². The highest BCUT2D eigenvalue weighted by atomic mass is 32.2. The lowest BCUT2D eigenvalue weighted by Gasteiger charge is -2.17. The summed E-state index contributed by atoms with van der Waals surface area (Å²) < 4.78 is 27.5. The van der Waals surface area contributed by atoms with Crippen molar-refractivity contribution in [3.63, 3.8) is 0 Å². The highest BCUT2D eigenvalue weighted by molar-refractivity contribution is 7.90. The third-order valence-electron chi connectivity index (χ3n) is 6.30. The molecule has 1 saturated carbocycles. The average molecular weight is 412 g/mol. The van der Waals surface area contributed by atoms with Crippen molar-refractivity contribution in [3.8, 4) is 0 Å². The van der Waals surface area contributed by atoms with Crippen LogP contribution >= 0.6 is 0 Å². The van der Waals surface area contributed by atoms with Crippen molar-refractivity contribution in [2.45, 2.75) is 30.7 Å². The van der Waals surface area contributed by atoms with Gasteiger partial charge in [-0.15, -0.1) is 0 Å². The van der Waals surface area contributed by atoms with E-state index in [2.05, 4.69) is 27.2 Å². The maximum Gasteiger partial charge on any atom is 0.269 e. The number of nitrogens with zero attached hydrogens (tertiary/aromatic N) is 4. The van der Waals surface area contributed by atoms with Crippen LogP contribution in [0.25, 0.3) is 11.0 Å². The van der Waals surface area contributed by atoms with E-state index in [0.717, 1.165) is 48.7 Å². The summed E-state index contributed by atoms with van der Waals surface area (Å²) in [6.07, 6.45) is 5.26. The fourth-order valence-electron chi connectivity index (χ4n) is 4.91. The van der Waals surface area contributed by atoms with Crippen molar-refractivity contribution in [1.29, 1.82) is 0 Å². The van der Waals surface area contributed by atoms with Crippen molar-refractivity contribution < 1.29 is 8.42 Å². The van der Waals surface area contributed by atoms with Gasteiger partial charge in [-0.1, -0.05) is 17.7 Å². The normalized spacial score (nSPS) is 24.8. The predicted octanol–water partition coefficient (Wildman–Crippen LogP) is 2.73. The Morgan fingerprint density at radius 3 is 2.41 bits per heavy atom. The molecule has 29 heavy (non-hydrogen) atoms. The van der Waals surface area contributed by atoms with E-state index >= 15 is 0 Å². The molecule has 2 fully saturated rings. The number of anilines is 1. The fourth-order valence-corrected chi connectivity index (χ4v) is 6.21. The largest absolute Gasteiger partial charge is 0.367 e. The molecule has 3 atom stereocenters. The third-order valence-corrected chi connectivity index (χ3v) is 7.98.